The number of hydrogen-bond acceptors (Lipinski definition) is 4. The molecule has 5 heteroatoms. The quantitative estimate of drug-likeness (QED) is 0.478. The molecule has 0 amide bonds. The van der Waals surface area contributed by atoms with E-state index < -0.39 is 0 Å². The third kappa shape index (κ3) is 2.38. The molecule has 0 bridgehead atoms. The van der Waals surface area contributed by atoms with Crippen molar-refractivity contribution in [1.82, 2.24) is 0 Å². The number of nitrogens with zero attached hydrogens (tertiary/aromatic N) is 1. The van der Waals surface area contributed by atoms with Gasteiger partial charge in [0, 0.05) is 17.5 Å². The molecule has 0 saturated carbocycles. The van der Waals surface area contributed by atoms with Crippen molar-refractivity contribution in [2.45, 2.75) is 32.2 Å². The fourth-order valence-electron chi connectivity index (χ4n) is 4.46. The maximum Gasteiger partial charge on any atom is 0.292 e. The lowest BCUT2D eigenvalue weighted by Crippen LogP contribution is -2.30. The van der Waals surface area contributed by atoms with Crippen molar-refractivity contribution in [2.24, 2.45) is 5.92 Å². The van der Waals surface area contributed by atoms with Gasteiger partial charge < -0.3 is 10.1 Å². The number of nitro benzene ring substituents is 1. The topological polar surface area (TPSA) is 64.4 Å². The Balaban J connectivity index is 1.93. The predicted molar refractivity (Wildman–Crippen MR) is 102 cm³/mol. The molecule has 0 aromatic heterocycles. The van der Waals surface area contributed by atoms with Crippen LogP contribution >= 0.6 is 0 Å². The number of fused-ring (bicyclic) bond motifs is 3. The number of nitrogens with one attached hydrogen (secondary N) is 1. The van der Waals surface area contributed by atoms with Crippen LogP contribution in [0.1, 0.15) is 40.6 Å². The zero-order chi connectivity index (χ0) is 18.4. The van der Waals surface area contributed by atoms with E-state index in [-0.39, 0.29) is 22.6 Å². The van der Waals surface area contributed by atoms with Crippen LogP contribution in [0.2, 0.25) is 0 Å². The normalized spacial score (nSPS) is 23.1. The second-order valence-electron chi connectivity index (χ2n) is 7.10. The van der Waals surface area contributed by atoms with Crippen LogP contribution in [0.3, 0.4) is 0 Å². The van der Waals surface area contributed by atoms with E-state index in [1.807, 2.05) is 31.2 Å². The Labute approximate surface area is 152 Å². The lowest BCUT2D eigenvalue weighted by atomic mass is 9.74. The van der Waals surface area contributed by atoms with E-state index in [1.54, 1.807) is 13.2 Å². The van der Waals surface area contributed by atoms with E-state index in [9.17, 15) is 10.1 Å². The lowest BCUT2D eigenvalue weighted by molar-refractivity contribution is -0.384. The standard InChI is InChI=1S/C21H22N2O3/c1-12-11-17(23(24)25)21-19(13(12)2)14-8-6-9-15(14)20(22-21)16-7-4-5-10-18(16)26-3/h4-8,10-11,14-15,20,22H,9H2,1-3H3/t14-,15-,20+/m0/s1. The molecule has 2 aliphatic rings. The molecular formula is C21H22N2O3. The number of benzene rings is 2. The highest BCUT2D eigenvalue weighted by molar-refractivity contribution is 5.74. The van der Waals surface area contributed by atoms with Crippen molar-refractivity contribution in [3.05, 3.63) is 74.9 Å². The molecule has 3 atom stereocenters. The highest BCUT2D eigenvalue weighted by atomic mass is 16.6. The van der Waals surface area contributed by atoms with E-state index in [4.69, 9.17) is 4.74 Å². The Morgan fingerprint density at radius 2 is 2.04 bits per heavy atom. The molecule has 0 radical (unpaired) electrons. The van der Waals surface area contributed by atoms with Gasteiger partial charge in [-0.25, -0.2) is 0 Å². The van der Waals surface area contributed by atoms with Crippen molar-refractivity contribution in [3.8, 4) is 5.75 Å². The molecule has 0 unspecified atom stereocenters. The average Bonchev–Trinajstić information content (AvgIpc) is 3.13. The molecule has 4 rings (SSSR count). The van der Waals surface area contributed by atoms with E-state index in [0.717, 1.165) is 34.4 Å². The summed E-state index contributed by atoms with van der Waals surface area (Å²) in [4.78, 5) is 11.4. The zero-order valence-corrected chi connectivity index (χ0v) is 15.2. The molecule has 1 aliphatic heterocycles. The number of hydrogen-bond donors (Lipinski definition) is 1. The third-order valence-corrected chi connectivity index (χ3v) is 5.82. The molecule has 1 aliphatic carbocycles. The first-order chi connectivity index (χ1) is 12.5. The van der Waals surface area contributed by atoms with Gasteiger partial charge in [0.2, 0.25) is 0 Å². The van der Waals surface area contributed by atoms with Crippen LogP contribution in [-0.4, -0.2) is 12.0 Å². The molecule has 2 aromatic rings. The molecule has 1 heterocycles. The Morgan fingerprint density at radius 1 is 1.27 bits per heavy atom. The maximum absolute atomic E-state index is 11.7. The lowest BCUT2D eigenvalue weighted by Gasteiger charge is -2.38. The molecule has 0 spiro atoms. The van der Waals surface area contributed by atoms with Crippen molar-refractivity contribution < 1.29 is 9.66 Å². The monoisotopic (exact) mass is 350 g/mol. The second kappa shape index (κ2) is 6.16. The number of ether oxygens (including phenoxy) is 1. The Morgan fingerprint density at radius 3 is 2.77 bits per heavy atom. The number of methoxy groups -OCH3 is 1. The van der Waals surface area contributed by atoms with Crippen LogP contribution in [0.25, 0.3) is 0 Å². The van der Waals surface area contributed by atoms with Gasteiger partial charge in [-0.05, 0) is 48.9 Å². The number of rotatable bonds is 3. The van der Waals surface area contributed by atoms with Gasteiger partial charge in [0.25, 0.3) is 5.69 Å². The first kappa shape index (κ1) is 16.6. The van der Waals surface area contributed by atoms with Crippen LogP contribution in [0.4, 0.5) is 11.4 Å². The summed E-state index contributed by atoms with van der Waals surface area (Å²) in [7, 11) is 1.66. The minimum atomic E-state index is -0.281. The van der Waals surface area contributed by atoms with Gasteiger partial charge >= 0.3 is 0 Å². The average molecular weight is 350 g/mol. The minimum Gasteiger partial charge on any atom is -0.496 e. The van der Waals surface area contributed by atoms with Crippen molar-refractivity contribution in [3.63, 3.8) is 0 Å². The fourth-order valence-corrected chi connectivity index (χ4v) is 4.46. The van der Waals surface area contributed by atoms with Gasteiger partial charge in [-0.2, -0.15) is 0 Å². The first-order valence-corrected chi connectivity index (χ1v) is 8.87. The predicted octanol–water partition coefficient (Wildman–Crippen LogP) is 5.05. The van der Waals surface area contributed by atoms with E-state index >= 15 is 0 Å². The van der Waals surface area contributed by atoms with E-state index in [0.29, 0.717) is 11.6 Å². The molecule has 1 N–H and O–H groups in total. The van der Waals surface area contributed by atoms with Gasteiger partial charge in [0.1, 0.15) is 11.4 Å². The van der Waals surface area contributed by atoms with Gasteiger partial charge in [-0.1, -0.05) is 30.4 Å². The van der Waals surface area contributed by atoms with Gasteiger partial charge in [-0.15, -0.1) is 0 Å². The van der Waals surface area contributed by atoms with E-state index in [2.05, 4.69) is 24.4 Å². The van der Waals surface area contributed by atoms with Crippen molar-refractivity contribution >= 4 is 11.4 Å². The van der Waals surface area contributed by atoms with Crippen LogP contribution in [0, 0.1) is 29.9 Å². The van der Waals surface area contributed by atoms with Crippen molar-refractivity contribution in [1.29, 1.82) is 0 Å². The largest absolute Gasteiger partial charge is 0.496 e. The molecule has 0 saturated heterocycles. The highest BCUT2D eigenvalue weighted by Crippen LogP contribution is 2.54. The number of anilines is 1. The summed E-state index contributed by atoms with van der Waals surface area (Å²) in [6.07, 6.45) is 5.35. The summed E-state index contributed by atoms with van der Waals surface area (Å²) in [6, 6.07) is 9.57. The Kier molecular flexibility index (Phi) is 3.94. The first-order valence-electron chi connectivity index (χ1n) is 8.87. The smallest absolute Gasteiger partial charge is 0.292 e. The SMILES string of the molecule is COc1ccccc1[C@@H]1Nc2c([N+](=O)[O-])cc(C)c(C)c2[C@H]2C=CC[C@@H]21. The van der Waals surface area contributed by atoms with Gasteiger partial charge in [0.05, 0.1) is 18.1 Å². The summed E-state index contributed by atoms with van der Waals surface area (Å²) in [6.45, 7) is 4.01. The number of para-hydroxylation sites is 1. The highest BCUT2D eigenvalue weighted by Gasteiger charge is 2.42. The third-order valence-electron chi connectivity index (χ3n) is 5.82. The number of aryl methyl sites for hydroxylation is 1. The molecule has 26 heavy (non-hydrogen) atoms. The molecule has 2 aromatic carbocycles. The molecule has 134 valence electrons. The zero-order valence-electron chi connectivity index (χ0n) is 15.2. The fraction of sp³-hybridized carbons (Fsp3) is 0.333. The van der Waals surface area contributed by atoms with E-state index in [1.165, 1.54) is 0 Å². The summed E-state index contributed by atoms with van der Waals surface area (Å²) in [5, 5.41) is 15.2. The van der Waals surface area contributed by atoms with Crippen LogP contribution in [0.5, 0.6) is 5.75 Å². The summed E-state index contributed by atoms with van der Waals surface area (Å²) in [5.41, 5.74) is 5.03. The summed E-state index contributed by atoms with van der Waals surface area (Å²) < 4.78 is 5.56. The van der Waals surface area contributed by atoms with Gasteiger partial charge in [-0.3, -0.25) is 10.1 Å². The maximum atomic E-state index is 11.7. The Hall–Kier alpha value is -2.82. The summed E-state index contributed by atoms with van der Waals surface area (Å²) >= 11 is 0. The van der Waals surface area contributed by atoms with Crippen LogP contribution in [-0.2, 0) is 0 Å². The van der Waals surface area contributed by atoms with Crippen LogP contribution in [0.15, 0.2) is 42.5 Å². The molecule has 0 fully saturated rings. The number of allylic oxidation sites excluding steroid dienone is 2. The second-order valence-corrected chi connectivity index (χ2v) is 7.10. The molecular weight excluding hydrogens is 328 g/mol. The molecule has 5 nitrogen and oxygen atoms in total. The number of nitro groups is 1. The van der Waals surface area contributed by atoms with Gasteiger partial charge in [0.15, 0.2) is 0 Å². The van der Waals surface area contributed by atoms with Crippen LogP contribution < -0.4 is 10.1 Å². The Bertz CT molecular complexity index is 920. The minimum absolute atomic E-state index is 0.0283. The summed E-state index contributed by atoms with van der Waals surface area (Å²) in [5.74, 6) is 1.31. The van der Waals surface area contributed by atoms with Crippen molar-refractivity contribution in [2.75, 3.05) is 12.4 Å².